The van der Waals surface area contributed by atoms with Gasteiger partial charge < -0.3 is 10.6 Å². The standard InChI is InChI=1S/C12H21ClN4O/c13-8-3-4-9(14-6-8)12(18)15-11-5-10(16-17-11)7-1-2-7/h7-11,14,16-17H,1-6H2,(H,15,18). The Kier molecular flexibility index (Phi) is 3.75. The van der Waals surface area contributed by atoms with E-state index in [1.807, 2.05) is 0 Å². The predicted octanol–water partition coefficient (Wildman–Crippen LogP) is 0.0646. The Morgan fingerprint density at radius 2 is 2.00 bits per heavy atom. The number of amides is 1. The molecular formula is C12H21ClN4O. The highest BCUT2D eigenvalue weighted by Gasteiger charge is 2.37. The van der Waals surface area contributed by atoms with Crippen molar-refractivity contribution in [3.05, 3.63) is 0 Å². The Labute approximate surface area is 112 Å². The molecule has 0 aromatic rings. The average Bonchev–Trinajstić information content (AvgIpc) is 3.11. The normalized spacial score (nSPS) is 40.7. The topological polar surface area (TPSA) is 65.2 Å². The third-order valence-corrected chi connectivity index (χ3v) is 4.48. The number of carbonyl (C=O) groups is 1. The van der Waals surface area contributed by atoms with Gasteiger partial charge in [-0.2, -0.15) is 0 Å². The smallest absolute Gasteiger partial charge is 0.238 e. The molecule has 4 unspecified atom stereocenters. The van der Waals surface area contributed by atoms with E-state index in [1.54, 1.807) is 0 Å². The molecule has 18 heavy (non-hydrogen) atoms. The van der Waals surface area contributed by atoms with Crippen LogP contribution in [0, 0.1) is 5.92 Å². The van der Waals surface area contributed by atoms with E-state index < -0.39 is 0 Å². The minimum absolute atomic E-state index is 0.0682. The molecule has 2 aliphatic heterocycles. The molecule has 2 saturated heterocycles. The van der Waals surface area contributed by atoms with Gasteiger partial charge in [0.05, 0.1) is 12.2 Å². The van der Waals surface area contributed by atoms with Gasteiger partial charge in [0.2, 0.25) is 5.91 Å². The van der Waals surface area contributed by atoms with Crippen molar-refractivity contribution in [2.45, 2.75) is 55.7 Å². The van der Waals surface area contributed by atoms with Crippen LogP contribution in [0.3, 0.4) is 0 Å². The summed E-state index contributed by atoms with van der Waals surface area (Å²) in [4.78, 5) is 12.1. The van der Waals surface area contributed by atoms with Gasteiger partial charge in [0, 0.05) is 18.0 Å². The lowest BCUT2D eigenvalue weighted by molar-refractivity contribution is -0.124. The molecule has 4 atom stereocenters. The monoisotopic (exact) mass is 272 g/mol. The van der Waals surface area contributed by atoms with Crippen molar-refractivity contribution >= 4 is 17.5 Å². The maximum absolute atomic E-state index is 12.1. The summed E-state index contributed by atoms with van der Waals surface area (Å²) in [6.07, 6.45) is 5.43. The fraction of sp³-hybridized carbons (Fsp3) is 0.917. The van der Waals surface area contributed by atoms with E-state index >= 15 is 0 Å². The lowest BCUT2D eigenvalue weighted by Crippen LogP contribution is -2.54. The number of hydrogen-bond acceptors (Lipinski definition) is 4. The van der Waals surface area contributed by atoms with Crippen LogP contribution in [0.25, 0.3) is 0 Å². The Balaban J connectivity index is 1.43. The molecule has 102 valence electrons. The van der Waals surface area contributed by atoms with E-state index in [2.05, 4.69) is 21.5 Å². The first-order valence-electron chi connectivity index (χ1n) is 6.91. The zero-order chi connectivity index (χ0) is 12.5. The minimum atomic E-state index is -0.0817. The van der Waals surface area contributed by atoms with Gasteiger partial charge in [-0.05, 0) is 38.0 Å². The number of hydrazine groups is 1. The molecule has 1 saturated carbocycles. The number of carbonyl (C=O) groups excluding carboxylic acids is 1. The second kappa shape index (κ2) is 5.33. The third kappa shape index (κ3) is 2.96. The van der Waals surface area contributed by atoms with Crippen LogP contribution in [0.5, 0.6) is 0 Å². The molecule has 3 fully saturated rings. The number of nitrogens with one attached hydrogen (secondary N) is 4. The first-order valence-corrected chi connectivity index (χ1v) is 7.35. The highest BCUT2D eigenvalue weighted by atomic mass is 35.5. The number of rotatable bonds is 3. The molecule has 0 bridgehead atoms. The summed E-state index contributed by atoms with van der Waals surface area (Å²) in [5.41, 5.74) is 6.45. The first-order chi connectivity index (χ1) is 8.72. The summed E-state index contributed by atoms with van der Waals surface area (Å²) in [7, 11) is 0. The van der Waals surface area contributed by atoms with Crippen molar-refractivity contribution in [3.63, 3.8) is 0 Å². The zero-order valence-corrected chi connectivity index (χ0v) is 11.2. The van der Waals surface area contributed by atoms with Crippen molar-refractivity contribution in [1.82, 2.24) is 21.5 Å². The lowest BCUT2D eigenvalue weighted by atomic mass is 10.0. The molecular weight excluding hydrogens is 252 g/mol. The number of piperidine rings is 1. The van der Waals surface area contributed by atoms with Gasteiger partial charge in [0.25, 0.3) is 0 Å². The summed E-state index contributed by atoms with van der Waals surface area (Å²) in [5, 5.41) is 6.42. The number of alkyl halides is 1. The third-order valence-electron chi connectivity index (χ3n) is 4.11. The Hall–Kier alpha value is -0.360. The van der Waals surface area contributed by atoms with E-state index in [0.29, 0.717) is 6.04 Å². The molecule has 3 rings (SSSR count). The molecule has 3 aliphatic rings. The summed E-state index contributed by atoms with van der Waals surface area (Å²) in [6, 6.07) is 0.448. The van der Waals surface area contributed by atoms with Gasteiger partial charge >= 0.3 is 0 Å². The van der Waals surface area contributed by atoms with E-state index in [9.17, 15) is 4.79 Å². The summed E-state index contributed by atoms with van der Waals surface area (Å²) in [6.45, 7) is 0.723. The number of hydrogen-bond donors (Lipinski definition) is 4. The van der Waals surface area contributed by atoms with Crippen LogP contribution in [-0.2, 0) is 4.79 Å². The minimum Gasteiger partial charge on any atom is -0.338 e. The Bertz CT molecular complexity index is 315. The van der Waals surface area contributed by atoms with Crippen molar-refractivity contribution in [2.24, 2.45) is 5.92 Å². The molecule has 2 heterocycles. The molecule has 0 aromatic heterocycles. The van der Waals surface area contributed by atoms with Gasteiger partial charge in [-0.3, -0.25) is 10.2 Å². The van der Waals surface area contributed by atoms with E-state index in [4.69, 9.17) is 11.6 Å². The van der Waals surface area contributed by atoms with Gasteiger partial charge in [-0.15, -0.1) is 11.6 Å². The second-order valence-corrected chi connectivity index (χ2v) is 6.28. The highest BCUT2D eigenvalue weighted by Crippen LogP contribution is 2.35. The molecule has 0 spiro atoms. The molecule has 0 radical (unpaired) electrons. The number of halogens is 1. The second-order valence-electron chi connectivity index (χ2n) is 5.66. The molecule has 0 aromatic carbocycles. The molecule has 5 nitrogen and oxygen atoms in total. The summed E-state index contributed by atoms with van der Waals surface area (Å²) >= 11 is 6.00. The van der Waals surface area contributed by atoms with Crippen molar-refractivity contribution in [2.75, 3.05) is 6.54 Å². The van der Waals surface area contributed by atoms with E-state index in [0.717, 1.165) is 31.7 Å². The van der Waals surface area contributed by atoms with Crippen LogP contribution >= 0.6 is 11.6 Å². The van der Waals surface area contributed by atoms with Crippen molar-refractivity contribution < 1.29 is 4.79 Å². The van der Waals surface area contributed by atoms with Gasteiger partial charge in [0.1, 0.15) is 0 Å². The van der Waals surface area contributed by atoms with E-state index in [1.165, 1.54) is 12.8 Å². The van der Waals surface area contributed by atoms with Gasteiger partial charge in [-0.1, -0.05) is 0 Å². The zero-order valence-electron chi connectivity index (χ0n) is 10.4. The Morgan fingerprint density at radius 3 is 2.67 bits per heavy atom. The fourth-order valence-electron chi connectivity index (χ4n) is 2.80. The average molecular weight is 273 g/mol. The summed E-state index contributed by atoms with van der Waals surface area (Å²) < 4.78 is 0. The van der Waals surface area contributed by atoms with Crippen molar-refractivity contribution in [1.29, 1.82) is 0 Å². The van der Waals surface area contributed by atoms with Crippen LogP contribution in [0.1, 0.15) is 32.1 Å². The molecule has 1 amide bonds. The first kappa shape index (κ1) is 12.7. The van der Waals surface area contributed by atoms with Crippen LogP contribution in [0.4, 0.5) is 0 Å². The maximum atomic E-state index is 12.1. The Morgan fingerprint density at radius 1 is 1.17 bits per heavy atom. The molecule has 4 N–H and O–H groups in total. The van der Waals surface area contributed by atoms with Crippen LogP contribution in [0.2, 0.25) is 0 Å². The van der Waals surface area contributed by atoms with Crippen LogP contribution in [-0.4, -0.2) is 36.1 Å². The highest BCUT2D eigenvalue weighted by molar-refractivity contribution is 6.20. The maximum Gasteiger partial charge on any atom is 0.238 e. The van der Waals surface area contributed by atoms with Gasteiger partial charge in [0.15, 0.2) is 0 Å². The van der Waals surface area contributed by atoms with Gasteiger partial charge in [-0.25, -0.2) is 5.43 Å². The van der Waals surface area contributed by atoms with Crippen LogP contribution in [0.15, 0.2) is 0 Å². The largest absolute Gasteiger partial charge is 0.338 e. The van der Waals surface area contributed by atoms with Crippen molar-refractivity contribution in [3.8, 4) is 0 Å². The van der Waals surface area contributed by atoms with E-state index in [-0.39, 0.29) is 23.5 Å². The summed E-state index contributed by atoms with van der Waals surface area (Å²) in [5.74, 6) is 0.901. The quantitative estimate of drug-likeness (QED) is 0.549. The molecule has 1 aliphatic carbocycles. The fourth-order valence-corrected chi connectivity index (χ4v) is 3.02. The van der Waals surface area contributed by atoms with Crippen LogP contribution < -0.4 is 21.5 Å². The predicted molar refractivity (Wildman–Crippen MR) is 70.0 cm³/mol. The SMILES string of the molecule is O=C(NC1CC(C2CC2)NN1)C1CCC(Cl)CN1. The molecule has 6 heteroatoms. The lowest BCUT2D eigenvalue weighted by Gasteiger charge is -2.26.